The smallest absolute Gasteiger partial charge is 0.0870 e. The summed E-state index contributed by atoms with van der Waals surface area (Å²) >= 11 is 0. The van der Waals surface area contributed by atoms with Crippen LogP contribution in [-0.4, -0.2) is 18.7 Å². The molecule has 2 nitrogen and oxygen atoms in total. The lowest BCUT2D eigenvalue weighted by molar-refractivity contribution is 0.144. The molecule has 0 spiro atoms. The van der Waals surface area contributed by atoms with Gasteiger partial charge in [0.2, 0.25) is 0 Å². The summed E-state index contributed by atoms with van der Waals surface area (Å²) < 4.78 is 0. The lowest BCUT2D eigenvalue weighted by atomic mass is 9.88. The molecule has 112 valence electrons. The van der Waals surface area contributed by atoms with Crippen molar-refractivity contribution in [2.24, 2.45) is 0 Å². The van der Waals surface area contributed by atoms with E-state index in [-0.39, 0.29) is 5.92 Å². The summed E-state index contributed by atoms with van der Waals surface area (Å²) in [7, 11) is 1.92. The molecule has 0 saturated heterocycles. The first-order valence-electron chi connectivity index (χ1n) is 7.66. The molecule has 0 aliphatic rings. The van der Waals surface area contributed by atoms with E-state index in [4.69, 9.17) is 0 Å². The van der Waals surface area contributed by atoms with Crippen LogP contribution in [0.2, 0.25) is 0 Å². The van der Waals surface area contributed by atoms with E-state index in [1.54, 1.807) is 0 Å². The highest BCUT2D eigenvalue weighted by atomic mass is 16.3. The van der Waals surface area contributed by atoms with Crippen molar-refractivity contribution in [3.05, 3.63) is 83.9 Å². The van der Waals surface area contributed by atoms with Crippen LogP contribution in [0.1, 0.15) is 23.1 Å². The molecule has 2 N–H and O–H groups in total. The summed E-state index contributed by atoms with van der Waals surface area (Å²) in [5.74, 6) is 0.0250. The summed E-state index contributed by atoms with van der Waals surface area (Å²) in [5, 5.41) is 16.4. The fourth-order valence-corrected chi connectivity index (χ4v) is 2.95. The Bertz CT molecular complexity index is 739. The molecule has 0 unspecified atom stereocenters. The van der Waals surface area contributed by atoms with Crippen LogP contribution in [0.15, 0.2) is 72.8 Å². The maximum Gasteiger partial charge on any atom is 0.0870 e. The van der Waals surface area contributed by atoms with Crippen molar-refractivity contribution >= 4 is 10.8 Å². The number of nitrogens with one attached hydrogen (secondary N) is 1. The van der Waals surface area contributed by atoms with Crippen LogP contribution < -0.4 is 5.32 Å². The first-order chi connectivity index (χ1) is 10.8. The van der Waals surface area contributed by atoms with Crippen LogP contribution in [0.3, 0.4) is 0 Å². The first kappa shape index (κ1) is 14.8. The Morgan fingerprint density at radius 3 is 2.23 bits per heavy atom. The Morgan fingerprint density at radius 1 is 0.818 bits per heavy atom. The number of hydrogen-bond donors (Lipinski definition) is 2. The summed E-state index contributed by atoms with van der Waals surface area (Å²) in [6.45, 7) is 0.731. The van der Waals surface area contributed by atoms with Crippen molar-refractivity contribution < 1.29 is 5.11 Å². The second-order valence-electron chi connectivity index (χ2n) is 5.63. The number of fused-ring (bicyclic) bond motifs is 1. The van der Waals surface area contributed by atoms with E-state index in [9.17, 15) is 5.11 Å². The number of rotatable bonds is 5. The predicted octanol–water partition coefficient (Wildman–Crippen LogP) is 3.88. The zero-order valence-electron chi connectivity index (χ0n) is 12.7. The van der Waals surface area contributed by atoms with Crippen molar-refractivity contribution in [1.82, 2.24) is 5.32 Å². The van der Waals surface area contributed by atoms with Gasteiger partial charge in [0.05, 0.1) is 6.10 Å². The molecule has 0 aliphatic heterocycles. The van der Waals surface area contributed by atoms with E-state index < -0.39 is 6.10 Å². The van der Waals surface area contributed by atoms with E-state index in [2.05, 4.69) is 35.6 Å². The Morgan fingerprint density at radius 2 is 1.50 bits per heavy atom. The minimum absolute atomic E-state index is 0.0250. The maximum atomic E-state index is 10.8. The molecule has 0 aliphatic carbocycles. The minimum atomic E-state index is -0.519. The van der Waals surface area contributed by atoms with Crippen molar-refractivity contribution in [1.29, 1.82) is 0 Å². The molecule has 3 aromatic rings. The average Bonchev–Trinajstić information content (AvgIpc) is 2.59. The van der Waals surface area contributed by atoms with Crippen molar-refractivity contribution in [3.63, 3.8) is 0 Å². The third kappa shape index (κ3) is 3.03. The summed E-state index contributed by atoms with van der Waals surface area (Å²) in [4.78, 5) is 0. The molecule has 2 heteroatoms. The first-order valence-corrected chi connectivity index (χ1v) is 7.66. The van der Waals surface area contributed by atoms with Crippen LogP contribution >= 0.6 is 0 Å². The van der Waals surface area contributed by atoms with Gasteiger partial charge < -0.3 is 10.4 Å². The van der Waals surface area contributed by atoms with Gasteiger partial charge in [0.25, 0.3) is 0 Å². The van der Waals surface area contributed by atoms with Crippen molar-refractivity contribution in [2.75, 3.05) is 13.6 Å². The molecule has 0 bridgehead atoms. The van der Waals surface area contributed by atoms with Crippen LogP contribution in [0.4, 0.5) is 0 Å². The van der Waals surface area contributed by atoms with Crippen LogP contribution in [0.25, 0.3) is 10.8 Å². The number of benzene rings is 3. The van der Waals surface area contributed by atoms with Gasteiger partial charge in [-0.05, 0) is 28.9 Å². The van der Waals surface area contributed by atoms with Gasteiger partial charge in [-0.2, -0.15) is 0 Å². The summed E-state index contributed by atoms with van der Waals surface area (Å²) in [6.07, 6.45) is -0.519. The van der Waals surface area contributed by atoms with E-state index in [1.807, 2.05) is 49.5 Å². The molecule has 3 aromatic carbocycles. The van der Waals surface area contributed by atoms with Gasteiger partial charge in [0, 0.05) is 12.5 Å². The summed E-state index contributed by atoms with van der Waals surface area (Å²) in [6, 6.07) is 24.6. The minimum Gasteiger partial charge on any atom is -0.388 e. The zero-order chi connectivity index (χ0) is 15.4. The Balaban J connectivity index is 1.98. The van der Waals surface area contributed by atoms with E-state index in [0.717, 1.165) is 17.7 Å². The van der Waals surface area contributed by atoms with E-state index in [0.29, 0.717) is 0 Å². The number of aliphatic hydroxyl groups excluding tert-OH is 1. The molecule has 0 aromatic heterocycles. The molecule has 0 fully saturated rings. The number of hydrogen-bond acceptors (Lipinski definition) is 2. The highest BCUT2D eigenvalue weighted by molar-refractivity contribution is 5.83. The Kier molecular flexibility index (Phi) is 4.52. The maximum absolute atomic E-state index is 10.8. The topological polar surface area (TPSA) is 32.3 Å². The lowest BCUT2D eigenvalue weighted by Crippen LogP contribution is -2.23. The average molecular weight is 291 g/mol. The molecule has 0 radical (unpaired) electrons. The third-order valence-electron chi connectivity index (χ3n) is 4.15. The number of aliphatic hydroxyl groups is 1. The molecule has 3 rings (SSSR count). The third-order valence-corrected chi connectivity index (χ3v) is 4.15. The molecule has 0 heterocycles. The highest BCUT2D eigenvalue weighted by Crippen LogP contribution is 2.32. The normalized spacial score (nSPS) is 13.9. The fourth-order valence-electron chi connectivity index (χ4n) is 2.95. The van der Waals surface area contributed by atoms with Crippen LogP contribution in [-0.2, 0) is 0 Å². The predicted molar refractivity (Wildman–Crippen MR) is 92.0 cm³/mol. The Hall–Kier alpha value is -2.16. The van der Waals surface area contributed by atoms with E-state index in [1.165, 1.54) is 10.8 Å². The summed E-state index contributed by atoms with van der Waals surface area (Å²) in [5.41, 5.74) is 2.11. The molecular formula is C20H21NO. The SMILES string of the molecule is CNC[C@@H](c1ccc2ccccc2c1)[C@H](O)c1ccccc1. The van der Waals surface area contributed by atoms with Gasteiger partial charge in [-0.1, -0.05) is 72.8 Å². The highest BCUT2D eigenvalue weighted by Gasteiger charge is 2.22. The molecule has 22 heavy (non-hydrogen) atoms. The quantitative estimate of drug-likeness (QED) is 0.748. The van der Waals surface area contributed by atoms with Crippen LogP contribution in [0.5, 0.6) is 0 Å². The zero-order valence-corrected chi connectivity index (χ0v) is 12.7. The van der Waals surface area contributed by atoms with Gasteiger partial charge in [0.1, 0.15) is 0 Å². The second kappa shape index (κ2) is 6.73. The standard InChI is InChI=1S/C20H21NO/c1-21-14-19(20(22)16-8-3-2-4-9-16)18-12-11-15-7-5-6-10-17(15)13-18/h2-13,19-22H,14H2,1H3/t19-,20+/m0/s1. The van der Waals surface area contributed by atoms with E-state index >= 15 is 0 Å². The van der Waals surface area contributed by atoms with Gasteiger partial charge in [-0.25, -0.2) is 0 Å². The van der Waals surface area contributed by atoms with Crippen molar-refractivity contribution in [2.45, 2.75) is 12.0 Å². The largest absolute Gasteiger partial charge is 0.388 e. The monoisotopic (exact) mass is 291 g/mol. The van der Waals surface area contributed by atoms with Crippen molar-refractivity contribution in [3.8, 4) is 0 Å². The molecular weight excluding hydrogens is 270 g/mol. The van der Waals surface area contributed by atoms with Gasteiger partial charge >= 0.3 is 0 Å². The second-order valence-corrected chi connectivity index (χ2v) is 5.63. The van der Waals surface area contributed by atoms with Gasteiger partial charge in [-0.3, -0.25) is 0 Å². The van der Waals surface area contributed by atoms with Gasteiger partial charge in [0.15, 0.2) is 0 Å². The fraction of sp³-hybridized carbons (Fsp3) is 0.200. The van der Waals surface area contributed by atoms with Crippen LogP contribution in [0, 0.1) is 0 Å². The molecule has 0 saturated carbocycles. The van der Waals surface area contributed by atoms with Gasteiger partial charge in [-0.15, -0.1) is 0 Å². The molecule has 2 atom stereocenters. The number of likely N-dealkylation sites (N-methyl/N-ethyl adjacent to an activating group) is 1. The lowest BCUT2D eigenvalue weighted by Gasteiger charge is -2.24. The molecule has 0 amide bonds. The Labute approximate surface area is 131 Å².